The van der Waals surface area contributed by atoms with Crippen molar-refractivity contribution in [1.29, 1.82) is 0 Å². The summed E-state index contributed by atoms with van der Waals surface area (Å²) < 4.78 is 1.96. The van der Waals surface area contributed by atoms with Gasteiger partial charge in [-0.05, 0) is 44.7 Å². The van der Waals surface area contributed by atoms with Crippen LogP contribution in [0.4, 0.5) is 0 Å². The minimum atomic E-state index is 0.423. The van der Waals surface area contributed by atoms with Gasteiger partial charge in [0.2, 0.25) is 0 Å². The van der Waals surface area contributed by atoms with Gasteiger partial charge in [-0.1, -0.05) is 30.3 Å². The molecule has 2 unspecified atom stereocenters. The van der Waals surface area contributed by atoms with Gasteiger partial charge in [0.1, 0.15) is 0 Å². The van der Waals surface area contributed by atoms with E-state index >= 15 is 0 Å². The van der Waals surface area contributed by atoms with Crippen molar-refractivity contribution < 1.29 is 0 Å². The maximum Gasteiger partial charge on any atom is 0.191 e. The van der Waals surface area contributed by atoms with E-state index in [2.05, 4.69) is 76.7 Å². The van der Waals surface area contributed by atoms with Gasteiger partial charge in [0, 0.05) is 51.5 Å². The second-order valence-electron chi connectivity index (χ2n) is 7.86. The lowest BCUT2D eigenvalue weighted by atomic mass is 10.1. The number of rotatable bonds is 6. The van der Waals surface area contributed by atoms with Crippen molar-refractivity contribution in [2.75, 3.05) is 20.1 Å². The first kappa shape index (κ1) is 20.4. The highest BCUT2D eigenvalue weighted by Crippen LogP contribution is 2.20. The Hall–Kier alpha value is -2.34. The molecule has 2 atom stereocenters. The molecule has 2 aromatic rings. The van der Waals surface area contributed by atoms with Gasteiger partial charge in [0.15, 0.2) is 5.96 Å². The maximum absolute atomic E-state index is 4.50. The van der Waals surface area contributed by atoms with Crippen molar-refractivity contribution in [3.63, 3.8) is 0 Å². The highest BCUT2D eigenvalue weighted by molar-refractivity contribution is 5.80. The minimum absolute atomic E-state index is 0.423. The molecule has 0 aliphatic carbocycles. The van der Waals surface area contributed by atoms with Gasteiger partial charge in [0.25, 0.3) is 0 Å². The van der Waals surface area contributed by atoms with Crippen LogP contribution in [0.2, 0.25) is 0 Å². The number of guanidine groups is 1. The van der Waals surface area contributed by atoms with E-state index in [-0.39, 0.29) is 0 Å². The molecule has 1 aliphatic rings. The predicted molar refractivity (Wildman–Crippen MR) is 116 cm³/mol. The number of likely N-dealkylation sites (tertiary alicyclic amines) is 1. The first-order chi connectivity index (χ1) is 13.5. The Labute approximate surface area is 169 Å². The molecule has 2 N–H and O–H groups in total. The Morgan fingerprint density at radius 3 is 2.64 bits per heavy atom. The molecule has 1 aliphatic heterocycles. The van der Waals surface area contributed by atoms with Gasteiger partial charge < -0.3 is 10.6 Å². The molecule has 0 radical (unpaired) electrons. The molecule has 3 rings (SSSR count). The molecular formula is C22H34N6. The van der Waals surface area contributed by atoms with Crippen LogP contribution in [0, 0.1) is 13.8 Å². The standard InChI is InChI=1S/C22H34N6/c1-16-13-20(15-28(16)14-19-9-7-6-8-10-19)25-22(23-4)24-12-11-21-17(2)26-27(5)18(21)3/h6-10,16,20H,11-15H2,1-5H3,(H2,23,24,25). The van der Waals surface area contributed by atoms with Crippen LogP contribution in [-0.4, -0.2) is 52.9 Å². The minimum Gasteiger partial charge on any atom is -0.356 e. The van der Waals surface area contributed by atoms with Crippen molar-refractivity contribution >= 4 is 5.96 Å². The van der Waals surface area contributed by atoms with E-state index in [1.807, 2.05) is 18.8 Å². The number of nitrogens with zero attached hydrogens (tertiary/aromatic N) is 4. The van der Waals surface area contributed by atoms with Crippen molar-refractivity contribution in [2.45, 2.75) is 52.2 Å². The summed E-state index contributed by atoms with van der Waals surface area (Å²) in [5, 5.41) is 11.6. The summed E-state index contributed by atoms with van der Waals surface area (Å²) in [6, 6.07) is 11.7. The third-order valence-electron chi connectivity index (χ3n) is 5.82. The number of aryl methyl sites for hydroxylation is 2. The predicted octanol–water partition coefficient (Wildman–Crippen LogP) is 2.41. The fourth-order valence-corrected chi connectivity index (χ4v) is 4.11. The summed E-state index contributed by atoms with van der Waals surface area (Å²) in [5.41, 5.74) is 5.06. The molecule has 6 nitrogen and oxygen atoms in total. The van der Waals surface area contributed by atoms with Crippen LogP contribution in [0.1, 0.15) is 35.9 Å². The summed E-state index contributed by atoms with van der Waals surface area (Å²) in [7, 11) is 3.85. The Morgan fingerprint density at radius 2 is 2.00 bits per heavy atom. The molecule has 0 amide bonds. The van der Waals surface area contributed by atoms with Crippen LogP contribution in [0.5, 0.6) is 0 Å². The third-order valence-corrected chi connectivity index (χ3v) is 5.82. The maximum atomic E-state index is 4.50. The molecular weight excluding hydrogens is 348 g/mol. The van der Waals surface area contributed by atoms with E-state index in [1.165, 1.54) is 16.8 Å². The van der Waals surface area contributed by atoms with Gasteiger partial charge in [-0.3, -0.25) is 14.6 Å². The topological polar surface area (TPSA) is 57.5 Å². The smallest absolute Gasteiger partial charge is 0.191 e. The zero-order chi connectivity index (χ0) is 20.1. The number of hydrogen-bond donors (Lipinski definition) is 2. The van der Waals surface area contributed by atoms with Crippen LogP contribution >= 0.6 is 0 Å². The van der Waals surface area contributed by atoms with Crippen LogP contribution in [0.25, 0.3) is 0 Å². The molecule has 1 saturated heterocycles. The van der Waals surface area contributed by atoms with E-state index in [9.17, 15) is 0 Å². The summed E-state index contributed by atoms with van der Waals surface area (Å²) in [6.45, 7) is 9.42. The summed E-state index contributed by atoms with van der Waals surface area (Å²) in [4.78, 5) is 6.97. The Bertz CT molecular complexity index is 795. The van der Waals surface area contributed by atoms with Crippen LogP contribution < -0.4 is 10.6 Å². The zero-order valence-electron chi connectivity index (χ0n) is 17.9. The van der Waals surface area contributed by atoms with E-state index < -0.39 is 0 Å². The second-order valence-corrected chi connectivity index (χ2v) is 7.86. The van der Waals surface area contributed by atoms with Gasteiger partial charge in [-0.15, -0.1) is 0 Å². The van der Waals surface area contributed by atoms with Gasteiger partial charge in [-0.25, -0.2) is 0 Å². The normalized spacial score (nSPS) is 20.5. The second kappa shape index (κ2) is 9.24. The Morgan fingerprint density at radius 1 is 1.25 bits per heavy atom. The third kappa shape index (κ3) is 4.93. The van der Waals surface area contributed by atoms with E-state index in [0.717, 1.165) is 44.1 Å². The first-order valence-electron chi connectivity index (χ1n) is 10.2. The Balaban J connectivity index is 1.48. The van der Waals surface area contributed by atoms with Gasteiger partial charge >= 0.3 is 0 Å². The number of hydrogen-bond acceptors (Lipinski definition) is 3. The van der Waals surface area contributed by atoms with Gasteiger partial charge in [0.05, 0.1) is 5.69 Å². The average molecular weight is 383 g/mol. The highest BCUT2D eigenvalue weighted by atomic mass is 15.3. The van der Waals surface area contributed by atoms with Crippen LogP contribution in [0.15, 0.2) is 35.3 Å². The quantitative estimate of drug-likeness (QED) is 0.595. The number of nitrogens with one attached hydrogen (secondary N) is 2. The monoisotopic (exact) mass is 382 g/mol. The largest absolute Gasteiger partial charge is 0.356 e. The number of aliphatic imine (C=N–C) groups is 1. The lowest BCUT2D eigenvalue weighted by Crippen LogP contribution is -2.45. The SMILES string of the molecule is CN=C(NCCc1c(C)nn(C)c1C)NC1CC(C)N(Cc2ccccc2)C1. The van der Waals surface area contributed by atoms with E-state index in [0.29, 0.717) is 12.1 Å². The Kier molecular flexibility index (Phi) is 6.73. The molecule has 6 heteroatoms. The van der Waals surface area contributed by atoms with Crippen molar-refractivity contribution in [1.82, 2.24) is 25.3 Å². The molecule has 1 aromatic heterocycles. The van der Waals surface area contributed by atoms with Crippen molar-refractivity contribution in [2.24, 2.45) is 12.0 Å². The number of benzene rings is 1. The molecule has 0 bridgehead atoms. The summed E-state index contributed by atoms with van der Waals surface area (Å²) in [6.07, 6.45) is 2.09. The average Bonchev–Trinajstić information content (AvgIpc) is 3.14. The highest BCUT2D eigenvalue weighted by Gasteiger charge is 2.29. The molecule has 0 spiro atoms. The molecule has 0 saturated carbocycles. The van der Waals surface area contributed by atoms with Crippen molar-refractivity contribution in [3.05, 3.63) is 52.8 Å². The molecule has 28 heavy (non-hydrogen) atoms. The zero-order valence-corrected chi connectivity index (χ0v) is 17.9. The first-order valence-corrected chi connectivity index (χ1v) is 10.2. The van der Waals surface area contributed by atoms with Crippen molar-refractivity contribution in [3.8, 4) is 0 Å². The fraction of sp³-hybridized carbons (Fsp3) is 0.545. The molecule has 1 fully saturated rings. The number of aromatic nitrogens is 2. The molecule has 1 aromatic carbocycles. The van der Waals surface area contributed by atoms with E-state index in [1.54, 1.807) is 0 Å². The fourth-order valence-electron chi connectivity index (χ4n) is 4.11. The summed E-state index contributed by atoms with van der Waals surface area (Å²) >= 11 is 0. The molecule has 2 heterocycles. The van der Waals surface area contributed by atoms with Gasteiger partial charge in [-0.2, -0.15) is 5.10 Å². The van der Waals surface area contributed by atoms with E-state index in [4.69, 9.17) is 0 Å². The lowest BCUT2D eigenvalue weighted by molar-refractivity contribution is 0.258. The summed E-state index contributed by atoms with van der Waals surface area (Å²) in [5.74, 6) is 0.887. The van der Waals surface area contributed by atoms with Crippen LogP contribution in [-0.2, 0) is 20.0 Å². The lowest BCUT2D eigenvalue weighted by Gasteiger charge is -2.21. The molecule has 152 valence electrons. The van der Waals surface area contributed by atoms with Crippen LogP contribution in [0.3, 0.4) is 0 Å².